The number of hydrogen-bond donors (Lipinski definition) is 1. The average molecular weight is 227 g/mol. The molecule has 1 fully saturated rings. The molecule has 0 radical (unpaired) electrons. The molecule has 1 rings (SSSR count). The van der Waals surface area contributed by atoms with Gasteiger partial charge in [-0.1, -0.05) is 33.6 Å². The van der Waals surface area contributed by atoms with Crippen molar-refractivity contribution in [3.63, 3.8) is 0 Å². The minimum absolute atomic E-state index is 0.120. The summed E-state index contributed by atoms with van der Waals surface area (Å²) in [5.41, 5.74) is 0. The molecular weight excluding hydrogens is 198 g/mol. The van der Waals surface area contributed by atoms with Crippen molar-refractivity contribution in [3.8, 4) is 0 Å². The Morgan fingerprint density at radius 3 is 2.44 bits per heavy atom. The molecule has 1 aliphatic rings. The fraction of sp³-hybridized carbons (Fsp3) is 1.00. The minimum Gasteiger partial charge on any atom is -0.391 e. The third-order valence-corrected chi connectivity index (χ3v) is 4.02. The number of likely N-dealkylation sites (N-methyl/N-ethyl adjacent to an activating group) is 1. The lowest BCUT2D eigenvalue weighted by Crippen LogP contribution is -2.49. The predicted molar refractivity (Wildman–Crippen MR) is 69.5 cm³/mol. The topological polar surface area (TPSA) is 23.5 Å². The zero-order valence-electron chi connectivity index (χ0n) is 11.4. The Labute approximate surface area is 101 Å². The van der Waals surface area contributed by atoms with Crippen LogP contribution in [0.4, 0.5) is 0 Å². The third-order valence-electron chi connectivity index (χ3n) is 4.02. The van der Waals surface area contributed by atoms with E-state index in [1.54, 1.807) is 0 Å². The van der Waals surface area contributed by atoms with Gasteiger partial charge in [-0.3, -0.25) is 0 Å². The van der Waals surface area contributed by atoms with Crippen LogP contribution >= 0.6 is 0 Å². The highest BCUT2D eigenvalue weighted by Crippen LogP contribution is 2.31. The lowest BCUT2D eigenvalue weighted by Gasteiger charge is -2.42. The Balaban J connectivity index is 2.43. The van der Waals surface area contributed by atoms with Gasteiger partial charge in [-0.2, -0.15) is 0 Å². The molecule has 96 valence electrons. The van der Waals surface area contributed by atoms with Crippen LogP contribution in [0.1, 0.15) is 52.9 Å². The van der Waals surface area contributed by atoms with Crippen LogP contribution in [-0.4, -0.2) is 35.7 Å². The number of unbranched alkanes of at least 4 members (excludes halogenated alkanes) is 2. The van der Waals surface area contributed by atoms with E-state index in [9.17, 15) is 5.11 Å². The maximum Gasteiger partial charge on any atom is 0.0700 e. The van der Waals surface area contributed by atoms with Crippen LogP contribution < -0.4 is 0 Å². The van der Waals surface area contributed by atoms with Crippen LogP contribution in [0.2, 0.25) is 0 Å². The number of aliphatic hydroxyl groups excluding tert-OH is 1. The van der Waals surface area contributed by atoms with Gasteiger partial charge in [-0.25, -0.2) is 0 Å². The summed E-state index contributed by atoms with van der Waals surface area (Å²) in [4.78, 5) is 2.39. The molecule has 0 spiro atoms. The van der Waals surface area contributed by atoms with E-state index >= 15 is 0 Å². The number of rotatable bonds is 5. The van der Waals surface area contributed by atoms with Gasteiger partial charge in [0.05, 0.1) is 6.10 Å². The number of aliphatic hydroxyl groups is 1. The second-order valence-corrected chi connectivity index (χ2v) is 5.80. The molecule has 0 aromatic rings. The Kier molecular flexibility index (Phi) is 5.77. The van der Waals surface area contributed by atoms with Crippen LogP contribution in [0.5, 0.6) is 0 Å². The highest BCUT2D eigenvalue weighted by molar-refractivity contribution is 4.88. The second kappa shape index (κ2) is 6.61. The van der Waals surface area contributed by atoms with Crippen molar-refractivity contribution < 1.29 is 5.11 Å². The molecule has 2 nitrogen and oxygen atoms in total. The molecule has 2 heteroatoms. The maximum absolute atomic E-state index is 10.2. The molecule has 0 aromatic carbocycles. The van der Waals surface area contributed by atoms with Crippen molar-refractivity contribution >= 4 is 0 Å². The van der Waals surface area contributed by atoms with Crippen molar-refractivity contribution in [2.45, 2.75) is 65.0 Å². The second-order valence-electron chi connectivity index (χ2n) is 5.80. The van der Waals surface area contributed by atoms with Crippen molar-refractivity contribution in [3.05, 3.63) is 0 Å². The highest BCUT2D eigenvalue weighted by atomic mass is 16.3. The molecule has 1 aliphatic carbocycles. The van der Waals surface area contributed by atoms with E-state index in [2.05, 4.69) is 32.7 Å². The molecule has 0 aliphatic heterocycles. The minimum atomic E-state index is -0.120. The standard InChI is InChI=1S/C14H29NO/c1-5-6-7-8-15(4)14-12(3)9-11(2)10-13(14)16/h11-14,16H,5-10H2,1-4H3. The first kappa shape index (κ1) is 14.0. The van der Waals surface area contributed by atoms with E-state index in [-0.39, 0.29) is 6.10 Å². The van der Waals surface area contributed by atoms with E-state index in [0.29, 0.717) is 17.9 Å². The lowest BCUT2D eigenvalue weighted by atomic mass is 9.77. The van der Waals surface area contributed by atoms with Gasteiger partial charge in [0.25, 0.3) is 0 Å². The summed E-state index contributed by atoms with van der Waals surface area (Å²) in [6.07, 6.45) is 5.96. The molecule has 0 aromatic heterocycles. The van der Waals surface area contributed by atoms with E-state index < -0.39 is 0 Å². The van der Waals surface area contributed by atoms with E-state index in [1.165, 1.54) is 25.7 Å². The molecule has 1 saturated carbocycles. The van der Waals surface area contributed by atoms with Crippen molar-refractivity contribution in [1.82, 2.24) is 4.90 Å². The smallest absolute Gasteiger partial charge is 0.0700 e. The Morgan fingerprint density at radius 1 is 1.19 bits per heavy atom. The Bertz CT molecular complexity index is 183. The zero-order valence-corrected chi connectivity index (χ0v) is 11.4. The first-order chi connectivity index (χ1) is 7.56. The van der Waals surface area contributed by atoms with Gasteiger partial charge in [0.1, 0.15) is 0 Å². The van der Waals surface area contributed by atoms with Crippen molar-refractivity contribution in [2.75, 3.05) is 13.6 Å². The van der Waals surface area contributed by atoms with Gasteiger partial charge in [-0.05, 0) is 44.7 Å². The third kappa shape index (κ3) is 3.74. The largest absolute Gasteiger partial charge is 0.391 e. The van der Waals surface area contributed by atoms with Crippen LogP contribution in [-0.2, 0) is 0 Å². The zero-order chi connectivity index (χ0) is 12.1. The fourth-order valence-corrected chi connectivity index (χ4v) is 3.29. The van der Waals surface area contributed by atoms with E-state index in [4.69, 9.17) is 0 Å². The molecule has 16 heavy (non-hydrogen) atoms. The normalized spacial score (nSPS) is 35.6. The molecule has 0 amide bonds. The van der Waals surface area contributed by atoms with Crippen LogP contribution in [0.3, 0.4) is 0 Å². The summed E-state index contributed by atoms with van der Waals surface area (Å²) < 4.78 is 0. The molecule has 4 unspecified atom stereocenters. The quantitative estimate of drug-likeness (QED) is 0.730. The lowest BCUT2D eigenvalue weighted by molar-refractivity contribution is -0.0144. The summed E-state index contributed by atoms with van der Waals surface area (Å²) in [7, 11) is 2.18. The first-order valence-corrected chi connectivity index (χ1v) is 6.94. The monoisotopic (exact) mass is 227 g/mol. The van der Waals surface area contributed by atoms with Gasteiger partial charge < -0.3 is 10.0 Å². The summed E-state index contributed by atoms with van der Waals surface area (Å²) in [6, 6.07) is 0.382. The Morgan fingerprint density at radius 2 is 1.88 bits per heavy atom. The van der Waals surface area contributed by atoms with E-state index in [0.717, 1.165) is 13.0 Å². The van der Waals surface area contributed by atoms with Gasteiger partial charge in [0.15, 0.2) is 0 Å². The molecule has 0 heterocycles. The number of hydrogen-bond acceptors (Lipinski definition) is 2. The van der Waals surface area contributed by atoms with Gasteiger partial charge in [0, 0.05) is 6.04 Å². The summed E-state index contributed by atoms with van der Waals surface area (Å²) in [6.45, 7) is 7.92. The van der Waals surface area contributed by atoms with Crippen LogP contribution in [0, 0.1) is 11.8 Å². The molecule has 0 bridgehead atoms. The molecule has 0 saturated heterocycles. The molecular formula is C14H29NO. The van der Waals surface area contributed by atoms with Gasteiger partial charge in [0.2, 0.25) is 0 Å². The van der Waals surface area contributed by atoms with E-state index in [1.807, 2.05) is 0 Å². The SMILES string of the molecule is CCCCCN(C)C1C(C)CC(C)CC1O. The Hall–Kier alpha value is -0.0800. The van der Waals surface area contributed by atoms with Gasteiger partial charge in [-0.15, -0.1) is 0 Å². The summed E-state index contributed by atoms with van der Waals surface area (Å²) in [5.74, 6) is 1.32. The summed E-state index contributed by atoms with van der Waals surface area (Å²) >= 11 is 0. The number of nitrogens with zero attached hydrogens (tertiary/aromatic N) is 1. The van der Waals surface area contributed by atoms with Crippen LogP contribution in [0.15, 0.2) is 0 Å². The first-order valence-electron chi connectivity index (χ1n) is 6.94. The van der Waals surface area contributed by atoms with Crippen LogP contribution in [0.25, 0.3) is 0 Å². The maximum atomic E-state index is 10.2. The predicted octanol–water partition coefficient (Wildman–Crippen LogP) is 2.90. The van der Waals surface area contributed by atoms with Crippen molar-refractivity contribution in [2.24, 2.45) is 11.8 Å². The van der Waals surface area contributed by atoms with Gasteiger partial charge >= 0.3 is 0 Å². The fourth-order valence-electron chi connectivity index (χ4n) is 3.29. The molecule has 4 atom stereocenters. The average Bonchev–Trinajstić information content (AvgIpc) is 2.16. The highest BCUT2D eigenvalue weighted by Gasteiger charge is 2.34. The van der Waals surface area contributed by atoms with Crippen molar-refractivity contribution in [1.29, 1.82) is 0 Å². The summed E-state index contributed by atoms with van der Waals surface area (Å²) in [5, 5.41) is 10.2. The molecule has 1 N–H and O–H groups in total.